The third kappa shape index (κ3) is 3.31. The minimum absolute atomic E-state index is 0.231. The first-order valence-electron chi connectivity index (χ1n) is 10.6. The molecule has 0 bridgehead atoms. The van der Waals surface area contributed by atoms with E-state index in [0.29, 0.717) is 17.6 Å². The Morgan fingerprint density at radius 2 is 1.96 bits per heavy atom. The number of hydrogen-bond acceptors (Lipinski definition) is 3. The molecule has 5 atom stereocenters. The zero-order chi connectivity index (χ0) is 18.1. The largest absolute Gasteiger partial charge is 0.497 e. The molecule has 0 radical (unpaired) electrons. The maximum absolute atomic E-state index is 13.0. The number of Topliss-reactive ketones (excluding diaryl/α,β-unsaturated/α-hetero) is 1. The molecule has 0 aromatic heterocycles. The fraction of sp³-hybridized carbons (Fsp3) is 0.696. The van der Waals surface area contributed by atoms with Crippen molar-refractivity contribution in [1.82, 2.24) is 4.90 Å². The molecule has 1 aromatic rings. The van der Waals surface area contributed by atoms with Gasteiger partial charge in [-0.1, -0.05) is 25.5 Å². The molecule has 1 aromatic carbocycles. The summed E-state index contributed by atoms with van der Waals surface area (Å²) in [7, 11) is 1.70. The second kappa shape index (κ2) is 7.72. The molecule has 142 valence electrons. The Morgan fingerprint density at radius 1 is 1.15 bits per heavy atom. The molecule has 2 saturated carbocycles. The number of likely N-dealkylation sites (tertiary alicyclic amines) is 1. The lowest BCUT2D eigenvalue weighted by Gasteiger charge is -2.55. The molecule has 1 saturated heterocycles. The van der Waals surface area contributed by atoms with E-state index in [-0.39, 0.29) is 5.92 Å². The van der Waals surface area contributed by atoms with Gasteiger partial charge in [0.15, 0.2) is 0 Å². The summed E-state index contributed by atoms with van der Waals surface area (Å²) in [5.74, 6) is 3.67. The SMILES string of the molecule is CCCN1CC[C@@H]2CC(=O)[C@@H](Cc3ccc(OC)cc3)[C@@H]3CCC[C@H]1[C@@H]23. The minimum Gasteiger partial charge on any atom is -0.497 e. The number of methoxy groups -OCH3 is 1. The van der Waals surface area contributed by atoms with E-state index in [2.05, 4.69) is 24.0 Å². The van der Waals surface area contributed by atoms with E-state index in [1.54, 1.807) is 7.11 Å². The Kier molecular flexibility index (Phi) is 5.35. The summed E-state index contributed by atoms with van der Waals surface area (Å²) in [5, 5.41) is 0. The van der Waals surface area contributed by atoms with Crippen LogP contribution in [0, 0.1) is 23.7 Å². The molecule has 0 amide bonds. The van der Waals surface area contributed by atoms with E-state index in [1.165, 1.54) is 50.8 Å². The van der Waals surface area contributed by atoms with Crippen LogP contribution in [0.15, 0.2) is 24.3 Å². The van der Waals surface area contributed by atoms with Crippen LogP contribution in [0.1, 0.15) is 51.0 Å². The first kappa shape index (κ1) is 18.0. The molecule has 3 aliphatic rings. The van der Waals surface area contributed by atoms with Crippen molar-refractivity contribution in [2.45, 2.75) is 57.9 Å². The van der Waals surface area contributed by atoms with Gasteiger partial charge in [0.05, 0.1) is 7.11 Å². The smallest absolute Gasteiger partial charge is 0.136 e. The number of ketones is 1. The fourth-order valence-corrected chi connectivity index (χ4v) is 6.21. The highest BCUT2D eigenvalue weighted by Gasteiger charge is 2.51. The van der Waals surface area contributed by atoms with Crippen LogP contribution in [0.5, 0.6) is 5.75 Å². The van der Waals surface area contributed by atoms with E-state index in [4.69, 9.17) is 4.74 Å². The number of ether oxygens (including phenoxy) is 1. The highest BCUT2D eigenvalue weighted by Crippen LogP contribution is 2.51. The molecular weight excluding hydrogens is 322 g/mol. The van der Waals surface area contributed by atoms with Gasteiger partial charge in [-0.25, -0.2) is 0 Å². The average molecular weight is 356 g/mol. The Balaban J connectivity index is 1.55. The summed E-state index contributed by atoms with van der Waals surface area (Å²) < 4.78 is 5.28. The van der Waals surface area contributed by atoms with Crippen molar-refractivity contribution in [1.29, 1.82) is 0 Å². The van der Waals surface area contributed by atoms with Crippen LogP contribution in [-0.4, -0.2) is 36.9 Å². The van der Waals surface area contributed by atoms with Gasteiger partial charge in [0.25, 0.3) is 0 Å². The standard InChI is InChI=1S/C23H33NO2/c1-3-12-24-13-11-17-15-22(25)20(19-5-4-6-21(24)23(17)19)14-16-7-9-18(26-2)10-8-16/h7-10,17,19-21,23H,3-6,11-15H2,1-2H3/t17-,19+,20+,21+,23+/m1/s1. The maximum Gasteiger partial charge on any atom is 0.136 e. The molecular formula is C23H33NO2. The molecule has 3 nitrogen and oxygen atoms in total. The van der Waals surface area contributed by atoms with Gasteiger partial charge < -0.3 is 9.64 Å². The van der Waals surface area contributed by atoms with Gasteiger partial charge in [-0.05, 0) is 80.6 Å². The fourth-order valence-electron chi connectivity index (χ4n) is 6.21. The van der Waals surface area contributed by atoms with Gasteiger partial charge in [0.1, 0.15) is 11.5 Å². The second-order valence-corrected chi connectivity index (χ2v) is 8.65. The molecule has 0 unspecified atom stereocenters. The van der Waals surface area contributed by atoms with Crippen LogP contribution in [-0.2, 0) is 11.2 Å². The number of piperidine rings is 1. The van der Waals surface area contributed by atoms with Crippen molar-refractivity contribution in [3.05, 3.63) is 29.8 Å². The molecule has 2 aliphatic carbocycles. The second-order valence-electron chi connectivity index (χ2n) is 8.65. The number of benzene rings is 1. The first-order valence-corrected chi connectivity index (χ1v) is 10.6. The summed E-state index contributed by atoms with van der Waals surface area (Å²) in [5.41, 5.74) is 1.28. The number of carbonyl (C=O) groups excluding carboxylic acids is 1. The Morgan fingerprint density at radius 3 is 2.69 bits per heavy atom. The van der Waals surface area contributed by atoms with Crippen molar-refractivity contribution in [3.63, 3.8) is 0 Å². The van der Waals surface area contributed by atoms with Crippen LogP contribution in [0.25, 0.3) is 0 Å². The van der Waals surface area contributed by atoms with E-state index in [9.17, 15) is 4.79 Å². The van der Waals surface area contributed by atoms with E-state index < -0.39 is 0 Å². The van der Waals surface area contributed by atoms with Crippen LogP contribution in [0.4, 0.5) is 0 Å². The van der Waals surface area contributed by atoms with Crippen molar-refractivity contribution < 1.29 is 9.53 Å². The van der Waals surface area contributed by atoms with Crippen LogP contribution < -0.4 is 4.74 Å². The molecule has 26 heavy (non-hydrogen) atoms. The highest BCUT2D eigenvalue weighted by molar-refractivity contribution is 5.83. The van der Waals surface area contributed by atoms with Crippen LogP contribution in [0.2, 0.25) is 0 Å². The lowest BCUT2D eigenvalue weighted by atomic mass is 9.55. The Labute approximate surface area is 158 Å². The van der Waals surface area contributed by atoms with Gasteiger partial charge in [0, 0.05) is 18.4 Å². The summed E-state index contributed by atoms with van der Waals surface area (Å²) in [6.07, 6.45) is 8.12. The van der Waals surface area contributed by atoms with Gasteiger partial charge in [-0.15, -0.1) is 0 Å². The maximum atomic E-state index is 13.0. The van der Waals surface area contributed by atoms with Gasteiger partial charge >= 0.3 is 0 Å². The molecule has 1 aliphatic heterocycles. The van der Waals surface area contributed by atoms with Gasteiger partial charge in [0.2, 0.25) is 0 Å². The number of rotatable bonds is 5. The van der Waals surface area contributed by atoms with Crippen molar-refractivity contribution in [2.24, 2.45) is 23.7 Å². The molecule has 1 heterocycles. The summed E-state index contributed by atoms with van der Waals surface area (Å²) in [6.45, 7) is 4.74. The molecule has 3 fully saturated rings. The molecule has 0 N–H and O–H groups in total. The predicted molar refractivity (Wildman–Crippen MR) is 104 cm³/mol. The molecule has 0 spiro atoms. The van der Waals surface area contributed by atoms with Crippen molar-refractivity contribution in [2.75, 3.05) is 20.2 Å². The van der Waals surface area contributed by atoms with Crippen molar-refractivity contribution in [3.8, 4) is 5.75 Å². The van der Waals surface area contributed by atoms with Gasteiger partial charge in [-0.3, -0.25) is 4.79 Å². The normalized spacial score (nSPS) is 34.4. The monoisotopic (exact) mass is 355 g/mol. The van der Waals surface area contributed by atoms with E-state index >= 15 is 0 Å². The topological polar surface area (TPSA) is 29.5 Å². The molecule has 3 heteroatoms. The Bertz CT molecular complexity index is 626. The third-order valence-corrected chi connectivity index (χ3v) is 7.30. The van der Waals surface area contributed by atoms with Crippen LogP contribution in [0.3, 0.4) is 0 Å². The van der Waals surface area contributed by atoms with E-state index in [0.717, 1.165) is 30.6 Å². The van der Waals surface area contributed by atoms with E-state index in [1.807, 2.05) is 12.1 Å². The number of carbonyl (C=O) groups is 1. The summed E-state index contributed by atoms with van der Waals surface area (Å²) in [4.78, 5) is 15.8. The zero-order valence-electron chi connectivity index (χ0n) is 16.3. The average Bonchev–Trinajstić information content (AvgIpc) is 2.67. The summed E-state index contributed by atoms with van der Waals surface area (Å²) >= 11 is 0. The zero-order valence-corrected chi connectivity index (χ0v) is 16.3. The number of hydrogen-bond donors (Lipinski definition) is 0. The van der Waals surface area contributed by atoms with Crippen LogP contribution >= 0.6 is 0 Å². The highest BCUT2D eigenvalue weighted by atomic mass is 16.5. The number of nitrogens with zero attached hydrogens (tertiary/aromatic N) is 1. The van der Waals surface area contributed by atoms with Crippen molar-refractivity contribution >= 4 is 5.78 Å². The third-order valence-electron chi connectivity index (χ3n) is 7.30. The first-order chi connectivity index (χ1) is 12.7. The molecule has 4 rings (SSSR count). The van der Waals surface area contributed by atoms with Gasteiger partial charge in [-0.2, -0.15) is 0 Å². The predicted octanol–water partition coefficient (Wildman–Crippen LogP) is 4.34. The minimum atomic E-state index is 0.231. The quantitative estimate of drug-likeness (QED) is 0.787. The lowest BCUT2D eigenvalue weighted by Crippen LogP contribution is -2.58. The lowest BCUT2D eigenvalue weighted by molar-refractivity contribution is -0.139. The summed E-state index contributed by atoms with van der Waals surface area (Å²) in [6, 6.07) is 9.07. The Hall–Kier alpha value is -1.35.